The van der Waals surface area contributed by atoms with Crippen molar-refractivity contribution >= 4 is 28.0 Å². The minimum Gasteiger partial charge on any atom is -0.481 e. The smallest absolute Gasteiger partial charge is 0.328 e. The summed E-state index contributed by atoms with van der Waals surface area (Å²) >= 11 is 3.25. The van der Waals surface area contributed by atoms with Gasteiger partial charge in [0, 0.05) is 22.8 Å². The van der Waals surface area contributed by atoms with Gasteiger partial charge in [0.05, 0.1) is 7.11 Å². The minimum atomic E-state index is -0.993. The van der Waals surface area contributed by atoms with Crippen LogP contribution in [0.15, 0.2) is 22.8 Å². The third kappa shape index (κ3) is 2.85. The summed E-state index contributed by atoms with van der Waals surface area (Å²) in [4.78, 5) is 14.2. The zero-order valence-electron chi connectivity index (χ0n) is 7.40. The summed E-state index contributed by atoms with van der Waals surface area (Å²) < 4.78 is 5.62. The van der Waals surface area contributed by atoms with Crippen LogP contribution in [-0.4, -0.2) is 23.2 Å². The first kappa shape index (κ1) is 10.7. The van der Waals surface area contributed by atoms with Crippen LogP contribution < -0.4 is 4.74 Å². The first-order chi connectivity index (χ1) is 6.63. The molecule has 0 fully saturated rings. The normalized spacial score (nSPS) is 10.4. The third-order valence-electron chi connectivity index (χ3n) is 1.47. The van der Waals surface area contributed by atoms with E-state index in [0.29, 0.717) is 11.4 Å². The molecular weight excluding hydrogens is 250 g/mol. The molecule has 0 spiro atoms. The van der Waals surface area contributed by atoms with Crippen LogP contribution in [0.25, 0.3) is 6.08 Å². The van der Waals surface area contributed by atoms with E-state index >= 15 is 0 Å². The first-order valence-electron chi connectivity index (χ1n) is 3.74. The van der Waals surface area contributed by atoms with Crippen LogP contribution >= 0.6 is 15.9 Å². The van der Waals surface area contributed by atoms with Gasteiger partial charge in [0.2, 0.25) is 5.88 Å². The van der Waals surface area contributed by atoms with Crippen molar-refractivity contribution < 1.29 is 14.6 Å². The zero-order chi connectivity index (χ0) is 10.6. The molecule has 1 aromatic heterocycles. The molecule has 1 N–H and O–H groups in total. The van der Waals surface area contributed by atoms with Crippen molar-refractivity contribution in [2.24, 2.45) is 0 Å². The zero-order valence-corrected chi connectivity index (χ0v) is 8.98. The molecule has 0 bridgehead atoms. The standard InChI is InChI=1S/C9H8BrNO3/c1-14-8-4-6(2-3-9(12)13)7(10)5-11-8/h2-5H,1H3,(H,12,13). The van der Waals surface area contributed by atoms with Crippen LogP contribution in [0, 0.1) is 0 Å². The Morgan fingerprint density at radius 3 is 3.00 bits per heavy atom. The number of carboxylic acid groups (broad SMARTS) is 1. The van der Waals surface area contributed by atoms with E-state index in [1.807, 2.05) is 0 Å². The number of carboxylic acids is 1. The monoisotopic (exact) mass is 257 g/mol. The van der Waals surface area contributed by atoms with Gasteiger partial charge < -0.3 is 9.84 Å². The van der Waals surface area contributed by atoms with E-state index in [2.05, 4.69) is 20.9 Å². The fraction of sp³-hybridized carbons (Fsp3) is 0.111. The van der Waals surface area contributed by atoms with Gasteiger partial charge in [-0.05, 0) is 27.6 Å². The molecule has 74 valence electrons. The van der Waals surface area contributed by atoms with E-state index in [4.69, 9.17) is 9.84 Å². The van der Waals surface area contributed by atoms with Gasteiger partial charge in [0.25, 0.3) is 0 Å². The van der Waals surface area contributed by atoms with E-state index in [0.717, 1.165) is 10.5 Å². The van der Waals surface area contributed by atoms with Crippen molar-refractivity contribution in [1.82, 2.24) is 4.98 Å². The Bertz CT molecular complexity index is 376. The molecule has 1 heterocycles. The van der Waals surface area contributed by atoms with E-state index < -0.39 is 5.97 Å². The van der Waals surface area contributed by atoms with Crippen LogP contribution in [0.2, 0.25) is 0 Å². The largest absolute Gasteiger partial charge is 0.481 e. The Hall–Kier alpha value is -1.36. The Morgan fingerprint density at radius 1 is 1.71 bits per heavy atom. The van der Waals surface area contributed by atoms with E-state index in [1.54, 1.807) is 12.3 Å². The van der Waals surface area contributed by atoms with Gasteiger partial charge in [-0.1, -0.05) is 0 Å². The number of ether oxygens (including phenoxy) is 1. The highest BCUT2D eigenvalue weighted by atomic mass is 79.9. The average molecular weight is 258 g/mol. The summed E-state index contributed by atoms with van der Waals surface area (Å²) in [5.41, 5.74) is 0.708. The highest BCUT2D eigenvalue weighted by molar-refractivity contribution is 9.10. The van der Waals surface area contributed by atoms with Gasteiger partial charge in [-0.15, -0.1) is 0 Å². The van der Waals surface area contributed by atoms with Crippen molar-refractivity contribution in [3.05, 3.63) is 28.4 Å². The van der Waals surface area contributed by atoms with Crippen molar-refractivity contribution in [3.8, 4) is 5.88 Å². The van der Waals surface area contributed by atoms with E-state index in [1.165, 1.54) is 13.2 Å². The number of pyridine rings is 1. The molecule has 1 aromatic rings. The number of hydrogen-bond acceptors (Lipinski definition) is 3. The predicted molar refractivity (Wildman–Crippen MR) is 55.2 cm³/mol. The van der Waals surface area contributed by atoms with Crippen LogP contribution in [0.3, 0.4) is 0 Å². The quantitative estimate of drug-likeness (QED) is 0.842. The lowest BCUT2D eigenvalue weighted by Gasteiger charge is -2.01. The number of hydrogen-bond donors (Lipinski definition) is 1. The number of rotatable bonds is 3. The molecule has 0 radical (unpaired) electrons. The molecule has 1 rings (SSSR count). The number of methoxy groups -OCH3 is 1. The van der Waals surface area contributed by atoms with Gasteiger partial charge in [0.1, 0.15) is 0 Å². The highest BCUT2D eigenvalue weighted by Crippen LogP contribution is 2.20. The second kappa shape index (κ2) is 4.76. The summed E-state index contributed by atoms with van der Waals surface area (Å²) in [7, 11) is 1.50. The lowest BCUT2D eigenvalue weighted by Crippen LogP contribution is -1.90. The molecule has 0 aliphatic heterocycles. The predicted octanol–water partition coefficient (Wildman–Crippen LogP) is 1.95. The lowest BCUT2D eigenvalue weighted by atomic mass is 10.2. The maximum atomic E-state index is 10.3. The molecule has 0 saturated carbocycles. The molecule has 0 aliphatic rings. The fourth-order valence-electron chi connectivity index (χ4n) is 0.834. The lowest BCUT2D eigenvalue weighted by molar-refractivity contribution is -0.131. The van der Waals surface area contributed by atoms with Crippen molar-refractivity contribution in [2.45, 2.75) is 0 Å². The number of nitrogens with zero attached hydrogens (tertiary/aromatic N) is 1. The van der Waals surface area contributed by atoms with Crippen LogP contribution in [-0.2, 0) is 4.79 Å². The fourth-order valence-corrected chi connectivity index (χ4v) is 1.18. The molecule has 0 aliphatic carbocycles. The Balaban J connectivity index is 3.00. The SMILES string of the molecule is COc1cc(C=CC(=O)O)c(Br)cn1. The first-order valence-corrected chi connectivity index (χ1v) is 4.53. The number of halogens is 1. The minimum absolute atomic E-state index is 0.443. The molecule has 0 unspecified atom stereocenters. The second-order valence-electron chi connectivity index (χ2n) is 2.42. The Labute approximate surface area is 89.4 Å². The summed E-state index contributed by atoms with van der Waals surface area (Å²) in [6.07, 6.45) is 4.08. The molecular formula is C9H8BrNO3. The summed E-state index contributed by atoms with van der Waals surface area (Å²) in [5, 5.41) is 8.44. The average Bonchev–Trinajstić information content (AvgIpc) is 2.16. The summed E-state index contributed by atoms with van der Waals surface area (Å²) in [5.74, 6) is -0.550. The van der Waals surface area contributed by atoms with Crippen molar-refractivity contribution in [1.29, 1.82) is 0 Å². The Kier molecular flexibility index (Phi) is 3.64. The van der Waals surface area contributed by atoms with Crippen LogP contribution in [0.4, 0.5) is 0 Å². The highest BCUT2D eigenvalue weighted by Gasteiger charge is 2.00. The van der Waals surface area contributed by atoms with E-state index in [-0.39, 0.29) is 0 Å². The third-order valence-corrected chi connectivity index (χ3v) is 2.14. The molecule has 0 atom stereocenters. The van der Waals surface area contributed by atoms with Crippen molar-refractivity contribution in [2.75, 3.05) is 7.11 Å². The van der Waals surface area contributed by atoms with Gasteiger partial charge >= 0.3 is 5.97 Å². The molecule has 0 aromatic carbocycles. The van der Waals surface area contributed by atoms with Gasteiger partial charge in [-0.25, -0.2) is 9.78 Å². The Morgan fingerprint density at radius 2 is 2.43 bits per heavy atom. The van der Waals surface area contributed by atoms with Crippen LogP contribution in [0.1, 0.15) is 5.56 Å². The maximum absolute atomic E-state index is 10.3. The molecule has 4 nitrogen and oxygen atoms in total. The molecule has 5 heteroatoms. The van der Waals surface area contributed by atoms with Gasteiger partial charge in [-0.3, -0.25) is 0 Å². The van der Waals surface area contributed by atoms with Gasteiger partial charge in [0.15, 0.2) is 0 Å². The summed E-state index contributed by atoms with van der Waals surface area (Å²) in [6, 6.07) is 1.64. The number of carbonyl (C=O) groups is 1. The topological polar surface area (TPSA) is 59.4 Å². The van der Waals surface area contributed by atoms with Crippen LogP contribution in [0.5, 0.6) is 5.88 Å². The summed E-state index contributed by atoms with van der Waals surface area (Å²) in [6.45, 7) is 0. The van der Waals surface area contributed by atoms with E-state index in [9.17, 15) is 4.79 Å². The van der Waals surface area contributed by atoms with Crippen molar-refractivity contribution in [3.63, 3.8) is 0 Å². The molecule has 0 saturated heterocycles. The molecule has 0 amide bonds. The second-order valence-corrected chi connectivity index (χ2v) is 3.27. The number of aromatic nitrogens is 1. The maximum Gasteiger partial charge on any atom is 0.328 e. The molecule has 14 heavy (non-hydrogen) atoms. The number of aliphatic carboxylic acids is 1. The van der Waals surface area contributed by atoms with Gasteiger partial charge in [-0.2, -0.15) is 0 Å².